The molecule has 2 rings (SSSR count). The molecule has 17 heavy (non-hydrogen) atoms. The molecule has 0 radical (unpaired) electrons. The Hall–Kier alpha value is -1.08. The number of rotatable bonds is 2. The van der Waals surface area contributed by atoms with Crippen molar-refractivity contribution in [1.82, 2.24) is 10.2 Å². The molecular weight excluding hydrogens is 295 g/mol. The van der Waals surface area contributed by atoms with E-state index in [1.165, 1.54) is 12.2 Å². The van der Waals surface area contributed by atoms with Gasteiger partial charge in [0, 0.05) is 0 Å². The molecule has 0 bridgehead atoms. The number of hydrogen-bond acceptors (Lipinski definition) is 5. The molecule has 96 valence electrons. The van der Waals surface area contributed by atoms with Gasteiger partial charge in [-0.1, -0.05) is 0 Å². The first-order valence-electron chi connectivity index (χ1n) is 5.04. The van der Waals surface area contributed by atoms with E-state index in [2.05, 4.69) is 5.32 Å². The fraction of sp³-hybridized carbons (Fsp3) is 0.500. The van der Waals surface area contributed by atoms with Crippen molar-refractivity contribution in [3.63, 3.8) is 0 Å². The van der Waals surface area contributed by atoms with Gasteiger partial charge in [0.05, 0.1) is 19.7 Å². The van der Waals surface area contributed by atoms with Crippen LogP contribution in [-0.4, -0.2) is 41.4 Å². The Labute approximate surface area is 109 Å². The molecule has 2 aliphatic rings. The van der Waals surface area contributed by atoms with Gasteiger partial charge in [0.1, 0.15) is 11.6 Å². The zero-order chi connectivity index (χ0) is 11.8. The lowest BCUT2D eigenvalue weighted by Gasteiger charge is -2.20. The summed E-state index contributed by atoms with van der Waals surface area (Å²) in [7, 11) is 0. The van der Waals surface area contributed by atoms with Crippen molar-refractivity contribution in [3.05, 3.63) is 23.8 Å². The van der Waals surface area contributed by atoms with Crippen LogP contribution in [-0.2, 0) is 9.53 Å². The molecule has 0 aromatic heterocycles. The van der Waals surface area contributed by atoms with Crippen LogP contribution >= 0.6 is 17.0 Å². The molecule has 1 fully saturated rings. The van der Waals surface area contributed by atoms with Crippen molar-refractivity contribution in [2.24, 2.45) is 0 Å². The summed E-state index contributed by atoms with van der Waals surface area (Å²) in [5.74, 6) is -0.527. The molecule has 0 saturated carbocycles. The predicted octanol–water partition coefficient (Wildman–Crippen LogP) is 0.430. The molecular formula is C10H14BrFN2O3. The second kappa shape index (κ2) is 5.05. The molecule has 1 unspecified atom stereocenters. The number of allylic oxidation sites excluding steroid dienone is 2. The average Bonchev–Trinajstić information content (AvgIpc) is 2.55. The maximum absolute atomic E-state index is 13.0. The van der Waals surface area contributed by atoms with Gasteiger partial charge in [-0.2, -0.15) is 0 Å². The van der Waals surface area contributed by atoms with Crippen molar-refractivity contribution in [1.29, 1.82) is 0 Å². The van der Waals surface area contributed by atoms with E-state index in [9.17, 15) is 14.3 Å². The standard InChI is InChI=1S/C10H13FN2O3.BrH/c1-2-16-9(14)10(15)6-13-5-7(11)3-4-8(13)12-10;/h3-4,12,15H,2,5-6H2,1H3;1H. The van der Waals surface area contributed by atoms with Crippen LogP contribution in [0.15, 0.2) is 23.8 Å². The maximum atomic E-state index is 13.0. The number of carbonyl (C=O) groups is 1. The zero-order valence-corrected chi connectivity index (χ0v) is 11.0. The highest BCUT2D eigenvalue weighted by molar-refractivity contribution is 8.93. The molecule has 0 spiro atoms. The third kappa shape index (κ3) is 2.61. The van der Waals surface area contributed by atoms with E-state index in [4.69, 9.17) is 4.74 Å². The highest BCUT2D eigenvalue weighted by Gasteiger charge is 2.46. The predicted molar refractivity (Wildman–Crippen MR) is 63.9 cm³/mol. The van der Waals surface area contributed by atoms with Crippen molar-refractivity contribution in [3.8, 4) is 0 Å². The van der Waals surface area contributed by atoms with E-state index < -0.39 is 11.7 Å². The van der Waals surface area contributed by atoms with Crippen LogP contribution in [0.25, 0.3) is 0 Å². The van der Waals surface area contributed by atoms with Crippen LogP contribution < -0.4 is 5.32 Å². The fourth-order valence-electron chi connectivity index (χ4n) is 1.75. The number of esters is 1. The van der Waals surface area contributed by atoms with Crippen LogP contribution in [0.5, 0.6) is 0 Å². The highest BCUT2D eigenvalue weighted by atomic mass is 79.9. The second-order valence-corrected chi connectivity index (χ2v) is 3.73. The van der Waals surface area contributed by atoms with Gasteiger partial charge in [-0.05, 0) is 19.1 Å². The van der Waals surface area contributed by atoms with Crippen LogP contribution in [0.4, 0.5) is 4.39 Å². The average molecular weight is 309 g/mol. The number of aliphatic hydroxyl groups is 1. The summed E-state index contributed by atoms with van der Waals surface area (Å²) in [4.78, 5) is 13.0. The number of nitrogens with one attached hydrogen (secondary N) is 1. The topological polar surface area (TPSA) is 61.8 Å². The lowest BCUT2D eigenvalue weighted by molar-refractivity contribution is -0.165. The lowest BCUT2D eigenvalue weighted by Crippen LogP contribution is -2.51. The minimum absolute atomic E-state index is 0. The van der Waals surface area contributed by atoms with Crippen LogP contribution in [0, 0.1) is 0 Å². The molecule has 5 nitrogen and oxygen atoms in total. The Kier molecular flexibility index (Phi) is 4.16. The number of fused-ring (bicyclic) bond motifs is 1. The number of carbonyl (C=O) groups excluding carboxylic acids is 1. The molecule has 2 N–H and O–H groups in total. The van der Waals surface area contributed by atoms with E-state index in [1.54, 1.807) is 11.8 Å². The minimum Gasteiger partial charge on any atom is -0.462 e. The smallest absolute Gasteiger partial charge is 0.361 e. The van der Waals surface area contributed by atoms with Gasteiger partial charge in [0.2, 0.25) is 0 Å². The van der Waals surface area contributed by atoms with E-state index in [-0.39, 0.29) is 42.5 Å². The number of ether oxygens (including phenoxy) is 1. The van der Waals surface area contributed by atoms with E-state index in [0.717, 1.165) is 0 Å². The molecule has 2 heterocycles. The normalized spacial score (nSPS) is 26.2. The van der Waals surface area contributed by atoms with Gasteiger partial charge in [0.25, 0.3) is 5.72 Å². The van der Waals surface area contributed by atoms with Gasteiger partial charge < -0.3 is 20.1 Å². The van der Waals surface area contributed by atoms with Gasteiger partial charge in [0.15, 0.2) is 0 Å². The summed E-state index contributed by atoms with van der Waals surface area (Å²) < 4.78 is 17.7. The maximum Gasteiger partial charge on any atom is 0.361 e. The molecule has 7 heteroatoms. The van der Waals surface area contributed by atoms with E-state index >= 15 is 0 Å². The quantitative estimate of drug-likeness (QED) is 0.725. The number of halogens is 2. The Morgan fingerprint density at radius 1 is 1.71 bits per heavy atom. The zero-order valence-electron chi connectivity index (χ0n) is 9.27. The van der Waals surface area contributed by atoms with Gasteiger partial charge in [-0.25, -0.2) is 9.18 Å². The van der Waals surface area contributed by atoms with E-state index in [1.807, 2.05) is 0 Å². The summed E-state index contributed by atoms with van der Waals surface area (Å²) in [6.07, 6.45) is 2.78. The lowest BCUT2D eigenvalue weighted by atomic mass is 10.2. The van der Waals surface area contributed by atoms with Crippen LogP contribution in [0.2, 0.25) is 0 Å². The first kappa shape index (κ1) is 14.0. The van der Waals surface area contributed by atoms with Crippen molar-refractivity contribution in [2.45, 2.75) is 12.6 Å². The first-order valence-corrected chi connectivity index (χ1v) is 5.04. The Morgan fingerprint density at radius 2 is 2.41 bits per heavy atom. The Bertz CT molecular complexity index is 386. The first-order chi connectivity index (χ1) is 7.55. The molecule has 1 saturated heterocycles. The van der Waals surface area contributed by atoms with E-state index in [0.29, 0.717) is 5.82 Å². The molecule has 2 aliphatic heterocycles. The SMILES string of the molecule is Br.CCOC(=O)C1(O)CN2CC(F)=CC=C2N1. The van der Waals surface area contributed by atoms with Crippen molar-refractivity contribution < 1.29 is 19.0 Å². The molecule has 0 amide bonds. The monoisotopic (exact) mass is 308 g/mol. The number of nitrogens with zero attached hydrogens (tertiary/aromatic N) is 1. The molecule has 0 aromatic rings. The summed E-state index contributed by atoms with van der Waals surface area (Å²) in [6, 6.07) is 0. The molecule has 0 aliphatic carbocycles. The van der Waals surface area contributed by atoms with Gasteiger partial charge in [-0.15, -0.1) is 17.0 Å². The minimum atomic E-state index is -1.78. The third-order valence-corrected chi connectivity index (χ3v) is 2.47. The van der Waals surface area contributed by atoms with Crippen LogP contribution in [0.1, 0.15) is 6.92 Å². The summed E-state index contributed by atoms with van der Waals surface area (Å²) in [6.45, 7) is 1.89. The Balaban J connectivity index is 0.00000144. The van der Waals surface area contributed by atoms with Gasteiger partial charge in [-0.3, -0.25) is 0 Å². The summed E-state index contributed by atoms with van der Waals surface area (Å²) in [5.41, 5.74) is -1.78. The van der Waals surface area contributed by atoms with Crippen LogP contribution in [0.3, 0.4) is 0 Å². The van der Waals surface area contributed by atoms with Crippen molar-refractivity contribution in [2.75, 3.05) is 19.7 Å². The summed E-state index contributed by atoms with van der Waals surface area (Å²) >= 11 is 0. The fourth-order valence-corrected chi connectivity index (χ4v) is 1.75. The largest absolute Gasteiger partial charge is 0.462 e. The highest BCUT2D eigenvalue weighted by Crippen LogP contribution is 2.25. The summed E-state index contributed by atoms with van der Waals surface area (Å²) in [5, 5.41) is 12.6. The number of hydrogen-bond donors (Lipinski definition) is 2. The third-order valence-electron chi connectivity index (χ3n) is 2.47. The molecule has 0 aromatic carbocycles. The Morgan fingerprint density at radius 3 is 3.06 bits per heavy atom. The second-order valence-electron chi connectivity index (χ2n) is 3.73. The molecule has 1 atom stereocenters. The van der Waals surface area contributed by atoms with Crippen molar-refractivity contribution >= 4 is 23.0 Å². The van der Waals surface area contributed by atoms with Gasteiger partial charge >= 0.3 is 5.97 Å².